The maximum Gasteiger partial charge on any atom is 0.326 e. The summed E-state index contributed by atoms with van der Waals surface area (Å²) < 4.78 is 5.20. The molecule has 0 radical (unpaired) electrons. The standard InChI is InChI=1S/C16H20N2O5/c1-2-3-6-13(16(21)22)17-15(20)11-8-14(19)18(9-11)10-12-5-4-7-23-12/h2,4-5,7,11,13H,1,3,6,8-10H2,(H,17,20)(H,21,22). The molecule has 0 saturated carbocycles. The van der Waals surface area contributed by atoms with E-state index >= 15 is 0 Å². The second-order valence-corrected chi connectivity index (χ2v) is 5.52. The predicted octanol–water partition coefficient (Wildman–Crippen LogP) is 1.16. The number of carbonyl (C=O) groups excluding carboxylic acids is 2. The van der Waals surface area contributed by atoms with Gasteiger partial charge in [-0.25, -0.2) is 4.79 Å². The summed E-state index contributed by atoms with van der Waals surface area (Å²) in [5, 5.41) is 11.6. The Kier molecular flexibility index (Phi) is 5.56. The first kappa shape index (κ1) is 16.8. The Hall–Kier alpha value is -2.57. The van der Waals surface area contributed by atoms with Crippen molar-refractivity contribution in [2.75, 3.05) is 6.54 Å². The van der Waals surface area contributed by atoms with Crippen molar-refractivity contribution < 1.29 is 23.9 Å². The van der Waals surface area contributed by atoms with Crippen molar-refractivity contribution in [3.63, 3.8) is 0 Å². The van der Waals surface area contributed by atoms with Gasteiger partial charge in [-0.3, -0.25) is 9.59 Å². The Morgan fingerprint density at radius 1 is 1.57 bits per heavy atom. The van der Waals surface area contributed by atoms with Gasteiger partial charge < -0.3 is 19.7 Å². The molecule has 1 aliphatic rings. The van der Waals surface area contributed by atoms with E-state index in [-0.39, 0.29) is 25.3 Å². The maximum absolute atomic E-state index is 12.2. The summed E-state index contributed by atoms with van der Waals surface area (Å²) >= 11 is 0. The molecule has 2 rings (SSSR count). The minimum absolute atomic E-state index is 0.0837. The van der Waals surface area contributed by atoms with E-state index < -0.39 is 23.8 Å². The van der Waals surface area contributed by atoms with Crippen LogP contribution in [0.4, 0.5) is 0 Å². The van der Waals surface area contributed by atoms with Gasteiger partial charge in [0.25, 0.3) is 0 Å². The van der Waals surface area contributed by atoms with Crippen LogP contribution in [-0.2, 0) is 20.9 Å². The number of carboxylic acid groups (broad SMARTS) is 1. The Morgan fingerprint density at radius 3 is 2.96 bits per heavy atom. The van der Waals surface area contributed by atoms with Gasteiger partial charge in [-0.1, -0.05) is 6.08 Å². The smallest absolute Gasteiger partial charge is 0.326 e. The van der Waals surface area contributed by atoms with Crippen LogP contribution < -0.4 is 5.32 Å². The zero-order valence-corrected chi connectivity index (χ0v) is 12.7. The van der Waals surface area contributed by atoms with Crippen LogP contribution >= 0.6 is 0 Å². The number of carboxylic acids is 1. The second kappa shape index (κ2) is 7.62. The molecule has 2 amide bonds. The van der Waals surface area contributed by atoms with Crippen molar-refractivity contribution in [3.05, 3.63) is 36.8 Å². The predicted molar refractivity (Wildman–Crippen MR) is 81.2 cm³/mol. The van der Waals surface area contributed by atoms with Crippen molar-refractivity contribution in [1.29, 1.82) is 0 Å². The van der Waals surface area contributed by atoms with E-state index in [1.165, 1.54) is 6.26 Å². The number of hydrogen-bond donors (Lipinski definition) is 2. The molecule has 23 heavy (non-hydrogen) atoms. The number of nitrogens with one attached hydrogen (secondary N) is 1. The van der Waals surface area contributed by atoms with Crippen molar-refractivity contribution in [3.8, 4) is 0 Å². The third-order valence-corrected chi connectivity index (χ3v) is 3.79. The summed E-state index contributed by atoms with van der Waals surface area (Å²) in [4.78, 5) is 36.9. The molecule has 2 N–H and O–H groups in total. The number of hydrogen-bond acceptors (Lipinski definition) is 4. The SMILES string of the molecule is C=CCCC(NC(=O)C1CC(=O)N(Cc2ccco2)C1)C(=O)O. The molecule has 7 nitrogen and oxygen atoms in total. The fraction of sp³-hybridized carbons (Fsp3) is 0.438. The number of aliphatic carboxylic acids is 1. The zero-order valence-electron chi connectivity index (χ0n) is 12.7. The molecule has 2 atom stereocenters. The molecule has 0 spiro atoms. The first-order valence-electron chi connectivity index (χ1n) is 7.45. The second-order valence-electron chi connectivity index (χ2n) is 5.52. The largest absolute Gasteiger partial charge is 0.480 e. The third kappa shape index (κ3) is 4.45. The Balaban J connectivity index is 1.91. The average Bonchev–Trinajstić information content (AvgIpc) is 3.14. The summed E-state index contributed by atoms with van der Waals surface area (Å²) in [6.07, 6.45) is 3.98. The van der Waals surface area contributed by atoms with Crippen molar-refractivity contribution >= 4 is 17.8 Å². The van der Waals surface area contributed by atoms with Gasteiger partial charge >= 0.3 is 5.97 Å². The monoisotopic (exact) mass is 320 g/mol. The maximum atomic E-state index is 12.2. The third-order valence-electron chi connectivity index (χ3n) is 3.79. The lowest BCUT2D eigenvalue weighted by Gasteiger charge is -2.17. The van der Waals surface area contributed by atoms with Gasteiger partial charge in [0.1, 0.15) is 11.8 Å². The van der Waals surface area contributed by atoms with Crippen molar-refractivity contribution in [2.24, 2.45) is 5.92 Å². The molecule has 0 aliphatic carbocycles. The average molecular weight is 320 g/mol. The lowest BCUT2D eigenvalue weighted by atomic mass is 10.1. The van der Waals surface area contributed by atoms with Gasteiger partial charge in [0.15, 0.2) is 0 Å². The lowest BCUT2D eigenvalue weighted by Crippen LogP contribution is -2.44. The van der Waals surface area contributed by atoms with E-state index in [4.69, 9.17) is 9.52 Å². The number of carbonyl (C=O) groups is 3. The fourth-order valence-corrected chi connectivity index (χ4v) is 2.52. The van der Waals surface area contributed by atoms with Gasteiger partial charge in [0.2, 0.25) is 11.8 Å². The van der Waals surface area contributed by atoms with Gasteiger partial charge in [-0.15, -0.1) is 6.58 Å². The van der Waals surface area contributed by atoms with Gasteiger partial charge in [-0.05, 0) is 25.0 Å². The number of nitrogens with zero attached hydrogens (tertiary/aromatic N) is 1. The number of furan rings is 1. The quantitative estimate of drug-likeness (QED) is 0.700. The molecule has 0 aromatic carbocycles. The summed E-state index contributed by atoms with van der Waals surface area (Å²) in [5.41, 5.74) is 0. The molecule has 124 valence electrons. The molecule has 0 bridgehead atoms. The molecule has 1 aromatic heterocycles. The van der Waals surface area contributed by atoms with Crippen LogP contribution in [0.5, 0.6) is 0 Å². The molecule has 2 heterocycles. The highest BCUT2D eigenvalue weighted by Crippen LogP contribution is 2.21. The van der Waals surface area contributed by atoms with E-state index in [0.717, 1.165) is 0 Å². The Bertz CT molecular complexity index is 581. The van der Waals surface area contributed by atoms with Crippen LogP contribution in [0.15, 0.2) is 35.5 Å². The Morgan fingerprint density at radius 2 is 2.35 bits per heavy atom. The van der Waals surface area contributed by atoms with E-state index in [9.17, 15) is 14.4 Å². The van der Waals surface area contributed by atoms with Crippen LogP contribution in [0.25, 0.3) is 0 Å². The molecular formula is C16H20N2O5. The van der Waals surface area contributed by atoms with Gasteiger partial charge in [0, 0.05) is 13.0 Å². The van der Waals surface area contributed by atoms with Crippen LogP contribution in [0.1, 0.15) is 25.0 Å². The number of allylic oxidation sites excluding steroid dienone is 1. The van der Waals surface area contributed by atoms with Crippen LogP contribution in [0.3, 0.4) is 0 Å². The van der Waals surface area contributed by atoms with Crippen LogP contribution in [0, 0.1) is 5.92 Å². The number of amides is 2. The van der Waals surface area contributed by atoms with Gasteiger partial charge in [-0.2, -0.15) is 0 Å². The molecule has 1 aliphatic heterocycles. The van der Waals surface area contributed by atoms with Crippen LogP contribution in [-0.4, -0.2) is 40.4 Å². The van der Waals surface area contributed by atoms with Crippen molar-refractivity contribution in [2.45, 2.75) is 31.8 Å². The summed E-state index contributed by atoms with van der Waals surface area (Å²) in [5.74, 6) is -1.52. The number of likely N-dealkylation sites (tertiary alicyclic amines) is 1. The van der Waals surface area contributed by atoms with E-state index in [2.05, 4.69) is 11.9 Å². The lowest BCUT2D eigenvalue weighted by molar-refractivity contribution is -0.142. The molecule has 1 saturated heterocycles. The van der Waals surface area contributed by atoms with E-state index in [1.54, 1.807) is 23.1 Å². The van der Waals surface area contributed by atoms with Gasteiger partial charge in [0.05, 0.1) is 18.7 Å². The zero-order chi connectivity index (χ0) is 16.8. The molecule has 2 unspecified atom stereocenters. The molecule has 7 heteroatoms. The highest BCUT2D eigenvalue weighted by atomic mass is 16.4. The highest BCUT2D eigenvalue weighted by molar-refractivity contribution is 5.91. The van der Waals surface area contributed by atoms with Crippen LogP contribution in [0.2, 0.25) is 0 Å². The molecule has 1 fully saturated rings. The van der Waals surface area contributed by atoms with E-state index in [1.807, 2.05) is 0 Å². The highest BCUT2D eigenvalue weighted by Gasteiger charge is 2.36. The minimum atomic E-state index is -1.09. The fourth-order valence-electron chi connectivity index (χ4n) is 2.52. The molecule has 1 aromatic rings. The number of rotatable bonds is 8. The summed E-state index contributed by atoms with van der Waals surface area (Å²) in [7, 11) is 0. The van der Waals surface area contributed by atoms with Crippen molar-refractivity contribution in [1.82, 2.24) is 10.2 Å². The summed E-state index contributed by atoms with van der Waals surface area (Å²) in [6.45, 7) is 4.12. The topological polar surface area (TPSA) is 99.9 Å². The Labute approximate surface area is 133 Å². The molecular weight excluding hydrogens is 300 g/mol. The normalized spacial score (nSPS) is 18.7. The minimum Gasteiger partial charge on any atom is -0.480 e. The van der Waals surface area contributed by atoms with E-state index in [0.29, 0.717) is 18.7 Å². The summed E-state index contributed by atoms with van der Waals surface area (Å²) in [6, 6.07) is 2.53. The first-order valence-corrected chi connectivity index (χ1v) is 7.45. The first-order chi connectivity index (χ1) is 11.0.